The molecule has 1 fully saturated rings. The summed E-state index contributed by atoms with van der Waals surface area (Å²) in [7, 11) is 0. The number of hydrogen-bond acceptors (Lipinski definition) is 7. The van der Waals surface area contributed by atoms with Gasteiger partial charge in [0, 0.05) is 31.0 Å². The Kier molecular flexibility index (Phi) is 5.87. The van der Waals surface area contributed by atoms with Crippen LogP contribution in [0.3, 0.4) is 0 Å². The van der Waals surface area contributed by atoms with Crippen LogP contribution in [0.2, 0.25) is 0 Å². The minimum absolute atomic E-state index is 0.0117. The first-order valence-electron chi connectivity index (χ1n) is 8.12. The molecule has 2 heterocycles. The maximum atomic E-state index is 12.7. The molecular weight excluding hydrogens is 326 g/mol. The number of carbonyl (C=O) groups is 1. The first-order chi connectivity index (χ1) is 11.8. The van der Waals surface area contributed by atoms with Crippen molar-refractivity contribution in [2.75, 3.05) is 24.6 Å². The molecule has 1 saturated heterocycles. The van der Waals surface area contributed by atoms with Crippen molar-refractivity contribution in [3.63, 3.8) is 0 Å². The Hall–Kier alpha value is -1.86. The van der Waals surface area contributed by atoms with E-state index in [9.17, 15) is 4.79 Å². The first kappa shape index (κ1) is 17.0. The van der Waals surface area contributed by atoms with Gasteiger partial charge in [0.1, 0.15) is 6.04 Å². The molecule has 6 nitrogen and oxygen atoms in total. The smallest absolute Gasteiger partial charge is 0.328 e. The topological polar surface area (TPSA) is 68.5 Å². The zero-order valence-corrected chi connectivity index (χ0v) is 14.5. The summed E-state index contributed by atoms with van der Waals surface area (Å²) in [6.07, 6.45) is 0.666. The van der Waals surface area contributed by atoms with Crippen LogP contribution in [-0.2, 0) is 22.6 Å². The Morgan fingerprint density at radius 1 is 1.25 bits per heavy atom. The Balaban J connectivity index is 1.70. The van der Waals surface area contributed by atoms with Gasteiger partial charge in [-0.3, -0.25) is 4.90 Å². The van der Waals surface area contributed by atoms with E-state index in [1.165, 1.54) is 0 Å². The fourth-order valence-corrected chi connectivity index (χ4v) is 3.60. The normalized spacial score (nSPS) is 16.7. The van der Waals surface area contributed by atoms with Crippen molar-refractivity contribution in [3.8, 4) is 0 Å². The molecule has 1 aromatic heterocycles. The number of aryl methyl sites for hydroxylation is 1. The van der Waals surface area contributed by atoms with Crippen molar-refractivity contribution in [3.05, 3.63) is 47.7 Å². The van der Waals surface area contributed by atoms with E-state index < -0.39 is 0 Å². The minimum Gasteiger partial charge on any atom is -0.454 e. The maximum Gasteiger partial charge on any atom is 0.328 e. The van der Waals surface area contributed by atoms with Crippen LogP contribution in [0.15, 0.2) is 34.7 Å². The molecule has 2 aromatic rings. The molecule has 0 spiro atoms. The first-order valence-corrected chi connectivity index (χ1v) is 9.28. The summed E-state index contributed by atoms with van der Waals surface area (Å²) in [5.74, 6) is 2.67. The molecule has 0 aliphatic carbocycles. The number of benzene rings is 1. The van der Waals surface area contributed by atoms with Crippen molar-refractivity contribution >= 4 is 17.7 Å². The van der Waals surface area contributed by atoms with E-state index in [1.54, 1.807) is 0 Å². The van der Waals surface area contributed by atoms with Gasteiger partial charge in [-0.1, -0.05) is 37.3 Å². The molecule has 0 saturated carbocycles. The highest BCUT2D eigenvalue weighted by atomic mass is 32.2. The summed E-state index contributed by atoms with van der Waals surface area (Å²) in [5.41, 5.74) is 0.953. The molecule has 128 valence electrons. The maximum absolute atomic E-state index is 12.7. The van der Waals surface area contributed by atoms with Crippen molar-refractivity contribution in [2.45, 2.75) is 26.0 Å². The van der Waals surface area contributed by atoms with Gasteiger partial charge >= 0.3 is 5.97 Å². The van der Waals surface area contributed by atoms with Gasteiger partial charge in [-0.05, 0) is 5.56 Å². The standard InChI is InChI=1S/C17H21N3O3S/c1-2-14-18-19-15(23-14)12-22-17(21)16(13-6-4-3-5-7-13)20-8-10-24-11-9-20/h3-7,16H,2,8-12H2,1H3. The van der Waals surface area contributed by atoms with Gasteiger partial charge in [0.25, 0.3) is 5.89 Å². The molecule has 0 N–H and O–H groups in total. The van der Waals surface area contributed by atoms with Crippen LogP contribution in [0, 0.1) is 0 Å². The van der Waals surface area contributed by atoms with Gasteiger partial charge in [0.2, 0.25) is 5.89 Å². The van der Waals surface area contributed by atoms with Crippen LogP contribution in [-0.4, -0.2) is 45.7 Å². The van der Waals surface area contributed by atoms with Gasteiger partial charge in [0.05, 0.1) is 0 Å². The molecule has 0 amide bonds. The number of aromatic nitrogens is 2. The van der Waals surface area contributed by atoms with Crippen molar-refractivity contribution in [1.82, 2.24) is 15.1 Å². The summed E-state index contributed by atoms with van der Waals surface area (Å²) in [4.78, 5) is 14.9. The van der Waals surface area contributed by atoms with Crippen LogP contribution >= 0.6 is 11.8 Å². The van der Waals surface area contributed by atoms with Crippen LogP contribution in [0.4, 0.5) is 0 Å². The quantitative estimate of drug-likeness (QED) is 0.744. The van der Waals surface area contributed by atoms with Crippen LogP contribution in [0.5, 0.6) is 0 Å². The van der Waals surface area contributed by atoms with Crippen LogP contribution in [0.1, 0.15) is 30.3 Å². The second-order valence-electron chi connectivity index (χ2n) is 5.51. The fraction of sp³-hybridized carbons (Fsp3) is 0.471. The Bertz CT molecular complexity index is 656. The summed E-state index contributed by atoms with van der Waals surface area (Å²) >= 11 is 1.91. The number of nitrogens with zero attached hydrogens (tertiary/aromatic N) is 3. The molecule has 7 heteroatoms. The van der Waals surface area contributed by atoms with E-state index in [1.807, 2.05) is 49.0 Å². The number of hydrogen-bond donors (Lipinski definition) is 0. The third kappa shape index (κ3) is 4.15. The summed E-state index contributed by atoms with van der Waals surface area (Å²) < 4.78 is 10.9. The second kappa shape index (κ2) is 8.30. The van der Waals surface area contributed by atoms with Gasteiger partial charge in [-0.25, -0.2) is 4.79 Å². The highest BCUT2D eigenvalue weighted by Gasteiger charge is 2.30. The average molecular weight is 347 g/mol. The highest BCUT2D eigenvalue weighted by Crippen LogP contribution is 2.25. The van der Waals surface area contributed by atoms with Gasteiger partial charge in [0.15, 0.2) is 6.61 Å². The zero-order valence-electron chi connectivity index (χ0n) is 13.7. The van der Waals surface area contributed by atoms with E-state index in [0.29, 0.717) is 18.2 Å². The third-order valence-electron chi connectivity index (χ3n) is 3.90. The lowest BCUT2D eigenvalue weighted by Gasteiger charge is -2.32. The number of ether oxygens (including phenoxy) is 1. The van der Waals surface area contributed by atoms with Gasteiger partial charge in [-0.15, -0.1) is 10.2 Å². The summed E-state index contributed by atoms with van der Waals surface area (Å²) in [6, 6.07) is 9.38. The number of thioether (sulfide) groups is 1. The van der Waals surface area contributed by atoms with Gasteiger partial charge < -0.3 is 9.15 Å². The number of rotatable bonds is 6. The van der Waals surface area contributed by atoms with E-state index in [2.05, 4.69) is 15.1 Å². The summed E-state index contributed by atoms with van der Waals surface area (Å²) in [5, 5.41) is 7.78. The Morgan fingerprint density at radius 3 is 2.62 bits per heavy atom. The SMILES string of the molecule is CCc1nnc(COC(=O)C(c2ccccc2)N2CCSCC2)o1. The van der Waals surface area contributed by atoms with Gasteiger partial charge in [-0.2, -0.15) is 11.8 Å². The lowest BCUT2D eigenvalue weighted by atomic mass is 10.1. The van der Waals surface area contributed by atoms with Crippen molar-refractivity contribution < 1.29 is 13.9 Å². The fourth-order valence-electron chi connectivity index (χ4n) is 2.67. The monoisotopic (exact) mass is 347 g/mol. The molecule has 1 unspecified atom stereocenters. The lowest BCUT2D eigenvalue weighted by molar-refractivity contribution is -0.152. The Labute approximate surface area is 145 Å². The van der Waals surface area contributed by atoms with E-state index in [-0.39, 0.29) is 18.6 Å². The largest absolute Gasteiger partial charge is 0.454 e. The molecule has 0 bridgehead atoms. The molecule has 1 aliphatic heterocycles. The van der Waals surface area contributed by atoms with Crippen molar-refractivity contribution in [1.29, 1.82) is 0 Å². The second-order valence-corrected chi connectivity index (χ2v) is 6.74. The highest BCUT2D eigenvalue weighted by molar-refractivity contribution is 7.99. The zero-order chi connectivity index (χ0) is 16.8. The van der Waals surface area contributed by atoms with E-state index in [0.717, 1.165) is 30.2 Å². The average Bonchev–Trinajstić information content (AvgIpc) is 3.10. The molecule has 1 aromatic carbocycles. The van der Waals surface area contributed by atoms with E-state index >= 15 is 0 Å². The molecule has 0 radical (unpaired) electrons. The predicted octanol–water partition coefficient (Wildman–Crippen LogP) is 2.47. The third-order valence-corrected chi connectivity index (χ3v) is 4.84. The lowest BCUT2D eigenvalue weighted by Crippen LogP contribution is -2.40. The minimum atomic E-state index is -0.388. The number of carbonyl (C=O) groups excluding carboxylic acids is 1. The molecule has 24 heavy (non-hydrogen) atoms. The molecule has 1 aliphatic rings. The van der Waals surface area contributed by atoms with Crippen molar-refractivity contribution in [2.24, 2.45) is 0 Å². The van der Waals surface area contributed by atoms with Crippen LogP contribution in [0.25, 0.3) is 0 Å². The van der Waals surface area contributed by atoms with E-state index in [4.69, 9.17) is 9.15 Å². The molecular formula is C17H21N3O3S. The molecule has 1 atom stereocenters. The molecule has 3 rings (SSSR count). The summed E-state index contributed by atoms with van der Waals surface area (Å²) in [6.45, 7) is 3.70. The predicted molar refractivity (Wildman–Crippen MR) is 91.6 cm³/mol. The number of esters is 1. The Morgan fingerprint density at radius 2 is 1.96 bits per heavy atom. The van der Waals surface area contributed by atoms with Crippen LogP contribution < -0.4 is 0 Å².